The average molecular weight is 276 g/mol. The summed E-state index contributed by atoms with van der Waals surface area (Å²) in [6.45, 7) is 2.34. The standard InChI is InChI=1S/C15H20N2O3/c1-10-3-5-11(6-4-10)16-15(19)12-7-8-14(18)17-13(12)9-20-2/h3-6,12-13H,7-9H2,1-2H3,(H,16,19)(H,17,18)/t12-,13-/m1/s1. The normalized spacial score (nSPS) is 22.2. The fraction of sp³-hybridized carbons (Fsp3) is 0.467. The molecule has 0 saturated carbocycles. The first-order chi connectivity index (χ1) is 9.60. The Morgan fingerprint density at radius 3 is 2.75 bits per heavy atom. The quantitative estimate of drug-likeness (QED) is 0.875. The van der Waals surface area contributed by atoms with Gasteiger partial charge in [-0.1, -0.05) is 17.7 Å². The SMILES string of the molecule is COC[C@H]1NC(=O)CC[C@H]1C(=O)Nc1ccc(C)cc1. The molecule has 2 amide bonds. The molecule has 0 unspecified atom stereocenters. The van der Waals surface area contributed by atoms with Crippen molar-refractivity contribution in [3.8, 4) is 0 Å². The molecule has 0 radical (unpaired) electrons. The van der Waals surface area contributed by atoms with E-state index < -0.39 is 0 Å². The third-order valence-electron chi connectivity index (χ3n) is 3.52. The first-order valence-corrected chi connectivity index (χ1v) is 6.76. The van der Waals surface area contributed by atoms with E-state index in [1.54, 1.807) is 7.11 Å². The molecule has 2 N–H and O–H groups in total. The third-order valence-corrected chi connectivity index (χ3v) is 3.52. The van der Waals surface area contributed by atoms with Crippen molar-refractivity contribution in [2.45, 2.75) is 25.8 Å². The highest BCUT2D eigenvalue weighted by Gasteiger charge is 2.33. The smallest absolute Gasteiger partial charge is 0.229 e. The number of anilines is 1. The van der Waals surface area contributed by atoms with Crippen molar-refractivity contribution >= 4 is 17.5 Å². The molecule has 2 atom stereocenters. The second-order valence-corrected chi connectivity index (χ2v) is 5.13. The number of piperidine rings is 1. The summed E-state index contributed by atoms with van der Waals surface area (Å²) >= 11 is 0. The highest BCUT2D eigenvalue weighted by molar-refractivity contribution is 5.94. The zero-order valence-electron chi connectivity index (χ0n) is 11.8. The van der Waals surface area contributed by atoms with E-state index in [1.807, 2.05) is 31.2 Å². The van der Waals surface area contributed by atoms with E-state index in [2.05, 4.69) is 10.6 Å². The summed E-state index contributed by atoms with van der Waals surface area (Å²) in [4.78, 5) is 23.7. The number of amides is 2. The van der Waals surface area contributed by atoms with Gasteiger partial charge in [-0.05, 0) is 25.5 Å². The largest absolute Gasteiger partial charge is 0.383 e. The minimum Gasteiger partial charge on any atom is -0.383 e. The Morgan fingerprint density at radius 2 is 2.10 bits per heavy atom. The minimum atomic E-state index is -0.258. The fourth-order valence-corrected chi connectivity index (χ4v) is 2.39. The maximum Gasteiger partial charge on any atom is 0.229 e. The lowest BCUT2D eigenvalue weighted by molar-refractivity contribution is -0.129. The summed E-state index contributed by atoms with van der Waals surface area (Å²) < 4.78 is 5.08. The molecule has 1 heterocycles. The lowest BCUT2D eigenvalue weighted by Gasteiger charge is -2.30. The third kappa shape index (κ3) is 3.57. The fourth-order valence-electron chi connectivity index (χ4n) is 2.39. The molecule has 0 aliphatic carbocycles. The number of aryl methyl sites for hydroxylation is 1. The van der Waals surface area contributed by atoms with Crippen LogP contribution in [0.5, 0.6) is 0 Å². The van der Waals surface area contributed by atoms with Crippen LogP contribution in [0.1, 0.15) is 18.4 Å². The van der Waals surface area contributed by atoms with Gasteiger partial charge in [0.2, 0.25) is 11.8 Å². The minimum absolute atomic E-state index is 0.0218. The molecule has 1 fully saturated rings. The molecule has 1 saturated heterocycles. The van der Waals surface area contributed by atoms with Gasteiger partial charge in [0.05, 0.1) is 18.6 Å². The molecule has 2 rings (SSSR count). The van der Waals surface area contributed by atoms with Crippen molar-refractivity contribution < 1.29 is 14.3 Å². The van der Waals surface area contributed by atoms with Crippen LogP contribution in [-0.2, 0) is 14.3 Å². The second kappa shape index (κ2) is 6.52. The van der Waals surface area contributed by atoms with Crippen molar-refractivity contribution in [2.75, 3.05) is 19.0 Å². The van der Waals surface area contributed by atoms with E-state index in [9.17, 15) is 9.59 Å². The van der Waals surface area contributed by atoms with Gasteiger partial charge < -0.3 is 15.4 Å². The average Bonchev–Trinajstić information content (AvgIpc) is 2.42. The summed E-state index contributed by atoms with van der Waals surface area (Å²) in [6, 6.07) is 7.39. The van der Waals surface area contributed by atoms with Crippen LogP contribution in [0, 0.1) is 12.8 Å². The van der Waals surface area contributed by atoms with Crippen LogP contribution >= 0.6 is 0 Å². The van der Waals surface area contributed by atoms with Crippen LogP contribution in [0.15, 0.2) is 24.3 Å². The van der Waals surface area contributed by atoms with Gasteiger partial charge >= 0.3 is 0 Å². The number of hydrogen-bond acceptors (Lipinski definition) is 3. The molecular formula is C15H20N2O3. The molecule has 5 heteroatoms. The van der Waals surface area contributed by atoms with Gasteiger partial charge in [0, 0.05) is 19.2 Å². The maximum absolute atomic E-state index is 12.3. The van der Waals surface area contributed by atoms with Crippen LogP contribution in [0.2, 0.25) is 0 Å². The van der Waals surface area contributed by atoms with E-state index in [4.69, 9.17) is 4.74 Å². The van der Waals surface area contributed by atoms with E-state index in [0.717, 1.165) is 11.3 Å². The summed E-state index contributed by atoms with van der Waals surface area (Å²) in [5.41, 5.74) is 1.92. The number of carbonyl (C=O) groups excluding carboxylic acids is 2. The zero-order valence-corrected chi connectivity index (χ0v) is 11.8. The van der Waals surface area contributed by atoms with Gasteiger partial charge in [0.15, 0.2) is 0 Å². The van der Waals surface area contributed by atoms with E-state index in [-0.39, 0.29) is 23.8 Å². The van der Waals surface area contributed by atoms with Crippen molar-refractivity contribution in [2.24, 2.45) is 5.92 Å². The van der Waals surface area contributed by atoms with Crippen molar-refractivity contribution in [1.82, 2.24) is 5.32 Å². The predicted molar refractivity (Wildman–Crippen MR) is 76.3 cm³/mol. The van der Waals surface area contributed by atoms with Crippen molar-refractivity contribution in [1.29, 1.82) is 0 Å². The number of ether oxygens (including phenoxy) is 1. The molecule has 1 aliphatic rings. The van der Waals surface area contributed by atoms with Crippen LogP contribution in [-0.4, -0.2) is 31.6 Å². The first-order valence-electron chi connectivity index (χ1n) is 6.76. The van der Waals surface area contributed by atoms with E-state index >= 15 is 0 Å². The summed E-state index contributed by atoms with van der Waals surface area (Å²) in [5, 5.41) is 5.71. The highest BCUT2D eigenvalue weighted by atomic mass is 16.5. The molecule has 1 aliphatic heterocycles. The Kier molecular flexibility index (Phi) is 4.74. The molecule has 20 heavy (non-hydrogen) atoms. The first kappa shape index (κ1) is 14.5. The van der Waals surface area contributed by atoms with Gasteiger partial charge in [0.25, 0.3) is 0 Å². The topological polar surface area (TPSA) is 67.4 Å². The number of carbonyl (C=O) groups is 2. The van der Waals surface area contributed by atoms with Gasteiger partial charge in [-0.15, -0.1) is 0 Å². The maximum atomic E-state index is 12.3. The van der Waals surface area contributed by atoms with Crippen molar-refractivity contribution in [3.05, 3.63) is 29.8 Å². The molecule has 1 aromatic carbocycles. The zero-order chi connectivity index (χ0) is 14.5. The number of nitrogens with one attached hydrogen (secondary N) is 2. The molecular weight excluding hydrogens is 256 g/mol. The van der Waals surface area contributed by atoms with Crippen LogP contribution < -0.4 is 10.6 Å². The molecule has 0 spiro atoms. The summed E-state index contributed by atoms with van der Waals surface area (Å²) in [7, 11) is 1.57. The monoisotopic (exact) mass is 276 g/mol. The number of rotatable bonds is 4. The summed E-state index contributed by atoms with van der Waals surface area (Å²) in [5.74, 6) is -0.351. The molecule has 0 bridgehead atoms. The number of benzene rings is 1. The number of hydrogen-bond donors (Lipinski definition) is 2. The summed E-state index contributed by atoms with van der Waals surface area (Å²) in [6.07, 6.45) is 0.934. The number of methoxy groups -OCH3 is 1. The highest BCUT2D eigenvalue weighted by Crippen LogP contribution is 2.20. The molecule has 5 nitrogen and oxygen atoms in total. The Hall–Kier alpha value is -1.88. The molecule has 0 aromatic heterocycles. The van der Waals surface area contributed by atoms with Gasteiger partial charge in [-0.3, -0.25) is 9.59 Å². The Labute approximate surface area is 118 Å². The van der Waals surface area contributed by atoms with Gasteiger partial charge in [0.1, 0.15) is 0 Å². The Morgan fingerprint density at radius 1 is 1.40 bits per heavy atom. The lowest BCUT2D eigenvalue weighted by atomic mass is 9.90. The van der Waals surface area contributed by atoms with Crippen LogP contribution in [0.4, 0.5) is 5.69 Å². The lowest BCUT2D eigenvalue weighted by Crippen LogP contribution is -2.51. The van der Waals surface area contributed by atoms with E-state index in [0.29, 0.717) is 19.4 Å². The van der Waals surface area contributed by atoms with Crippen LogP contribution in [0.3, 0.4) is 0 Å². The Balaban J connectivity index is 2.02. The Bertz CT molecular complexity index is 484. The van der Waals surface area contributed by atoms with Crippen LogP contribution in [0.25, 0.3) is 0 Å². The van der Waals surface area contributed by atoms with Crippen molar-refractivity contribution in [3.63, 3.8) is 0 Å². The van der Waals surface area contributed by atoms with E-state index in [1.165, 1.54) is 0 Å². The molecule has 1 aromatic rings. The van der Waals surface area contributed by atoms with Gasteiger partial charge in [-0.25, -0.2) is 0 Å². The van der Waals surface area contributed by atoms with Gasteiger partial charge in [-0.2, -0.15) is 0 Å². The predicted octanol–water partition coefficient (Wildman–Crippen LogP) is 1.47. The molecule has 108 valence electrons. The second-order valence-electron chi connectivity index (χ2n) is 5.13.